The molecular weight excluding hydrogens is 302 g/mol. The van der Waals surface area contributed by atoms with Gasteiger partial charge in [-0.2, -0.15) is 0 Å². The van der Waals surface area contributed by atoms with Gasteiger partial charge in [-0.25, -0.2) is 8.42 Å². The molecule has 0 saturated heterocycles. The Morgan fingerprint density at radius 2 is 1.50 bits per heavy atom. The molecule has 0 unspecified atom stereocenters. The van der Waals surface area contributed by atoms with Gasteiger partial charge in [0, 0.05) is 18.2 Å². The minimum Gasteiger partial charge on any atom is -0.497 e. The molecule has 0 aliphatic carbocycles. The van der Waals surface area contributed by atoms with Crippen LogP contribution in [0.5, 0.6) is 11.5 Å². The largest absolute Gasteiger partial charge is 0.497 e. The Kier molecular flexibility index (Phi) is 4.61. The summed E-state index contributed by atoms with van der Waals surface area (Å²) in [6.45, 7) is 3.62. The fourth-order valence-electron chi connectivity index (χ4n) is 2.07. The highest BCUT2D eigenvalue weighted by molar-refractivity contribution is 7.92. The first-order valence-electron chi connectivity index (χ1n) is 6.69. The molecule has 0 amide bonds. The summed E-state index contributed by atoms with van der Waals surface area (Å²) in [6, 6.07) is 10.2. The Hall–Kier alpha value is -2.21. The molecule has 6 heteroatoms. The van der Waals surface area contributed by atoms with Gasteiger partial charge in [-0.15, -0.1) is 0 Å². The highest BCUT2D eigenvalue weighted by atomic mass is 32.2. The number of hydrogen-bond acceptors (Lipinski definition) is 4. The van der Waals surface area contributed by atoms with Gasteiger partial charge < -0.3 is 9.47 Å². The zero-order valence-electron chi connectivity index (χ0n) is 13.0. The number of hydrogen-bond donors (Lipinski definition) is 1. The van der Waals surface area contributed by atoms with Gasteiger partial charge in [0.1, 0.15) is 11.5 Å². The molecule has 2 aromatic carbocycles. The van der Waals surface area contributed by atoms with Gasteiger partial charge in [0.15, 0.2) is 0 Å². The van der Waals surface area contributed by atoms with E-state index in [1.165, 1.54) is 14.2 Å². The molecule has 0 bridgehead atoms. The summed E-state index contributed by atoms with van der Waals surface area (Å²) in [5.41, 5.74) is 1.96. The SMILES string of the molecule is COc1cc(NS(=O)(=O)c2cc(C)ccc2C)cc(OC)c1. The van der Waals surface area contributed by atoms with Crippen molar-refractivity contribution in [2.75, 3.05) is 18.9 Å². The monoisotopic (exact) mass is 321 g/mol. The van der Waals surface area contributed by atoms with Gasteiger partial charge in [-0.1, -0.05) is 12.1 Å². The predicted octanol–water partition coefficient (Wildman–Crippen LogP) is 3.12. The Balaban J connectivity index is 2.42. The molecule has 0 saturated carbocycles. The minimum absolute atomic E-state index is 0.259. The van der Waals surface area contributed by atoms with Crippen LogP contribution in [0.25, 0.3) is 0 Å². The Bertz CT molecular complexity index is 762. The van der Waals surface area contributed by atoms with Crippen LogP contribution < -0.4 is 14.2 Å². The molecule has 0 heterocycles. The third kappa shape index (κ3) is 3.51. The van der Waals surface area contributed by atoms with Crippen molar-refractivity contribution in [3.05, 3.63) is 47.5 Å². The third-order valence-electron chi connectivity index (χ3n) is 3.24. The van der Waals surface area contributed by atoms with E-state index < -0.39 is 10.0 Å². The number of anilines is 1. The first kappa shape index (κ1) is 16.2. The average molecular weight is 321 g/mol. The lowest BCUT2D eigenvalue weighted by atomic mass is 10.2. The summed E-state index contributed by atoms with van der Waals surface area (Å²) >= 11 is 0. The summed E-state index contributed by atoms with van der Waals surface area (Å²) in [5, 5.41) is 0. The van der Waals surface area contributed by atoms with E-state index in [1.54, 1.807) is 37.3 Å². The molecule has 1 N–H and O–H groups in total. The Labute approximate surface area is 130 Å². The molecule has 0 atom stereocenters. The summed E-state index contributed by atoms with van der Waals surface area (Å²) in [6.07, 6.45) is 0. The van der Waals surface area contributed by atoms with Gasteiger partial charge >= 0.3 is 0 Å². The van der Waals surface area contributed by atoms with Crippen LogP contribution in [-0.2, 0) is 10.0 Å². The van der Waals surface area contributed by atoms with Gasteiger partial charge in [0.05, 0.1) is 24.8 Å². The number of ether oxygens (including phenoxy) is 2. The van der Waals surface area contributed by atoms with E-state index in [9.17, 15) is 8.42 Å². The molecule has 0 radical (unpaired) electrons. The van der Waals surface area contributed by atoms with Crippen LogP contribution in [0.2, 0.25) is 0 Å². The van der Waals surface area contributed by atoms with Crippen LogP contribution in [0.15, 0.2) is 41.3 Å². The highest BCUT2D eigenvalue weighted by Crippen LogP contribution is 2.28. The van der Waals surface area contributed by atoms with Crippen LogP contribution in [-0.4, -0.2) is 22.6 Å². The van der Waals surface area contributed by atoms with Crippen molar-refractivity contribution in [3.8, 4) is 11.5 Å². The van der Waals surface area contributed by atoms with E-state index >= 15 is 0 Å². The lowest BCUT2D eigenvalue weighted by Gasteiger charge is -2.13. The number of benzene rings is 2. The van der Waals surface area contributed by atoms with Crippen molar-refractivity contribution in [2.45, 2.75) is 18.7 Å². The van der Waals surface area contributed by atoms with Gasteiger partial charge in [-0.05, 0) is 31.0 Å². The summed E-state index contributed by atoms with van der Waals surface area (Å²) < 4.78 is 38.0. The second-order valence-electron chi connectivity index (χ2n) is 4.98. The highest BCUT2D eigenvalue weighted by Gasteiger charge is 2.18. The topological polar surface area (TPSA) is 64.6 Å². The molecule has 2 rings (SSSR count). The number of aryl methyl sites for hydroxylation is 2. The van der Waals surface area contributed by atoms with E-state index in [4.69, 9.17) is 9.47 Å². The van der Waals surface area contributed by atoms with Crippen molar-refractivity contribution in [2.24, 2.45) is 0 Å². The molecule has 5 nitrogen and oxygen atoms in total. The molecule has 0 aliphatic rings. The standard InChI is InChI=1S/C16H19NO4S/c1-11-5-6-12(2)16(7-11)22(18,19)17-13-8-14(20-3)10-15(9-13)21-4/h5-10,17H,1-4H3. The van der Waals surface area contributed by atoms with Gasteiger partial charge in [0.25, 0.3) is 10.0 Å². The second-order valence-corrected chi connectivity index (χ2v) is 6.63. The van der Waals surface area contributed by atoms with Crippen LogP contribution in [0.3, 0.4) is 0 Å². The Morgan fingerprint density at radius 1 is 0.909 bits per heavy atom. The van der Waals surface area contributed by atoms with E-state index in [0.717, 1.165) is 5.56 Å². The molecular formula is C16H19NO4S. The maximum Gasteiger partial charge on any atom is 0.262 e. The second kappa shape index (κ2) is 6.27. The number of rotatable bonds is 5. The molecule has 22 heavy (non-hydrogen) atoms. The number of nitrogens with one attached hydrogen (secondary N) is 1. The predicted molar refractivity (Wildman–Crippen MR) is 86.3 cm³/mol. The zero-order valence-corrected chi connectivity index (χ0v) is 13.8. The van der Waals surface area contributed by atoms with Crippen molar-refractivity contribution in [3.63, 3.8) is 0 Å². The summed E-state index contributed by atoms with van der Waals surface area (Å²) in [7, 11) is -0.654. The van der Waals surface area contributed by atoms with Crippen molar-refractivity contribution >= 4 is 15.7 Å². The number of sulfonamides is 1. The maximum absolute atomic E-state index is 12.6. The maximum atomic E-state index is 12.6. The average Bonchev–Trinajstić information content (AvgIpc) is 2.48. The normalized spacial score (nSPS) is 11.1. The molecule has 0 aliphatic heterocycles. The fraction of sp³-hybridized carbons (Fsp3) is 0.250. The quantitative estimate of drug-likeness (QED) is 0.919. The van der Waals surface area contributed by atoms with Crippen LogP contribution in [0.1, 0.15) is 11.1 Å². The van der Waals surface area contributed by atoms with E-state index in [2.05, 4.69) is 4.72 Å². The van der Waals surface area contributed by atoms with E-state index in [-0.39, 0.29) is 4.90 Å². The summed E-state index contributed by atoms with van der Waals surface area (Å²) in [4.78, 5) is 0.259. The molecule has 0 fully saturated rings. The van der Waals surface area contributed by atoms with E-state index in [0.29, 0.717) is 22.7 Å². The van der Waals surface area contributed by atoms with Crippen LogP contribution in [0, 0.1) is 13.8 Å². The smallest absolute Gasteiger partial charge is 0.262 e. The Morgan fingerprint density at radius 3 is 2.05 bits per heavy atom. The van der Waals surface area contributed by atoms with E-state index in [1.807, 2.05) is 13.0 Å². The molecule has 0 spiro atoms. The molecule has 0 aromatic heterocycles. The van der Waals surface area contributed by atoms with Gasteiger partial charge in [0.2, 0.25) is 0 Å². The lowest BCUT2D eigenvalue weighted by molar-refractivity contribution is 0.395. The van der Waals surface area contributed by atoms with Crippen LogP contribution in [0.4, 0.5) is 5.69 Å². The van der Waals surface area contributed by atoms with Gasteiger partial charge in [-0.3, -0.25) is 4.72 Å². The molecule has 118 valence electrons. The first-order valence-corrected chi connectivity index (χ1v) is 8.17. The van der Waals surface area contributed by atoms with Crippen molar-refractivity contribution < 1.29 is 17.9 Å². The van der Waals surface area contributed by atoms with Crippen molar-refractivity contribution in [1.82, 2.24) is 0 Å². The number of methoxy groups -OCH3 is 2. The third-order valence-corrected chi connectivity index (χ3v) is 4.76. The zero-order chi connectivity index (χ0) is 16.3. The fourth-order valence-corrected chi connectivity index (χ4v) is 3.44. The first-order chi connectivity index (χ1) is 10.4. The van der Waals surface area contributed by atoms with Crippen molar-refractivity contribution in [1.29, 1.82) is 0 Å². The van der Waals surface area contributed by atoms with Crippen LogP contribution >= 0.6 is 0 Å². The molecule has 2 aromatic rings. The lowest BCUT2D eigenvalue weighted by Crippen LogP contribution is -2.14. The summed E-state index contributed by atoms with van der Waals surface area (Å²) in [5.74, 6) is 1.02. The minimum atomic E-state index is -3.68.